The summed E-state index contributed by atoms with van der Waals surface area (Å²) in [7, 11) is -2.96. The Bertz CT molecular complexity index is 497. The van der Waals surface area contributed by atoms with E-state index in [0.717, 1.165) is 12.8 Å². The summed E-state index contributed by atoms with van der Waals surface area (Å²) >= 11 is 0. The van der Waals surface area contributed by atoms with Crippen LogP contribution in [-0.2, 0) is 19.4 Å². The van der Waals surface area contributed by atoms with Crippen LogP contribution in [0.3, 0.4) is 0 Å². The SMILES string of the molecule is O=C1CC(NC2CCS(=O)(=O)C2)C(=O)N1C1CC1. The molecule has 2 aliphatic heterocycles. The van der Waals surface area contributed by atoms with Gasteiger partial charge in [0, 0.05) is 12.1 Å². The summed E-state index contributed by atoms with van der Waals surface area (Å²) < 4.78 is 22.7. The lowest BCUT2D eigenvalue weighted by Gasteiger charge is -2.17. The maximum atomic E-state index is 12.0. The lowest BCUT2D eigenvalue weighted by Crippen LogP contribution is -2.44. The van der Waals surface area contributed by atoms with Crippen molar-refractivity contribution in [3.8, 4) is 0 Å². The Hall–Kier alpha value is -0.950. The van der Waals surface area contributed by atoms with Gasteiger partial charge in [0.1, 0.15) is 0 Å². The first-order valence-corrected chi connectivity index (χ1v) is 8.11. The van der Waals surface area contributed by atoms with Gasteiger partial charge in [0.05, 0.1) is 24.0 Å². The highest BCUT2D eigenvalue weighted by molar-refractivity contribution is 7.91. The number of hydrogen-bond donors (Lipinski definition) is 1. The van der Waals surface area contributed by atoms with E-state index in [1.807, 2.05) is 0 Å². The van der Waals surface area contributed by atoms with E-state index in [2.05, 4.69) is 5.32 Å². The van der Waals surface area contributed by atoms with Gasteiger partial charge in [0.15, 0.2) is 9.84 Å². The zero-order valence-electron chi connectivity index (χ0n) is 9.96. The van der Waals surface area contributed by atoms with Crippen molar-refractivity contribution < 1.29 is 18.0 Å². The normalized spacial score (nSPS) is 35.4. The van der Waals surface area contributed by atoms with Crippen molar-refractivity contribution in [2.24, 2.45) is 0 Å². The largest absolute Gasteiger partial charge is 0.302 e. The van der Waals surface area contributed by atoms with E-state index in [4.69, 9.17) is 0 Å². The zero-order valence-corrected chi connectivity index (χ0v) is 10.8. The predicted molar refractivity (Wildman–Crippen MR) is 63.5 cm³/mol. The summed E-state index contributed by atoms with van der Waals surface area (Å²) in [6.45, 7) is 0. The maximum Gasteiger partial charge on any atom is 0.247 e. The highest BCUT2D eigenvalue weighted by atomic mass is 32.2. The molecule has 2 heterocycles. The molecule has 3 rings (SSSR count). The van der Waals surface area contributed by atoms with Gasteiger partial charge in [0.25, 0.3) is 0 Å². The average molecular weight is 272 g/mol. The van der Waals surface area contributed by atoms with Crippen LogP contribution in [0.1, 0.15) is 25.7 Å². The van der Waals surface area contributed by atoms with E-state index in [1.165, 1.54) is 4.90 Å². The van der Waals surface area contributed by atoms with E-state index in [9.17, 15) is 18.0 Å². The van der Waals surface area contributed by atoms with Gasteiger partial charge >= 0.3 is 0 Å². The molecule has 1 N–H and O–H groups in total. The van der Waals surface area contributed by atoms with Crippen LogP contribution in [-0.4, -0.2) is 54.8 Å². The van der Waals surface area contributed by atoms with Crippen LogP contribution >= 0.6 is 0 Å². The molecule has 7 heteroatoms. The maximum absolute atomic E-state index is 12.0. The van der Waals surface area contributed by atoms with Crippen molar-refractivity contribution in [1.82, 2.24) is 10.2 Å². The third kappa shape index (κ3) is 2.16. The Labute approximate surface area is 106 Å². The molecule has 2 atom stereocenters. The fraction of sp³-hybridized carbons (Fsp3) is 0.818. The molecule has 0 aromatic rings. The number of amides is 2. The van der Waals surface area contributed by atoms with E-state index in [0.29, 0.717) is 6.42 Å². The predicted octanol–water partition coefficient (Wildman–Crippen LogP) is -0.947. The Kier molecular flexibility index (Phi) is 2.71. The van der Waals surface area contributed by atoms with Gasteiger partial charge in [0.2, 0.25) is 11.8 Å². The molecule has 2 amide bonds. The lowest BCUT2D eigenvalue weighted by atomic mass is 10.2. The van der Waals surface area contributed by atoms with Crippen molar-refractivity contribution in [3.63, 3.8) is 0 Å². The van der Waals surface area contributed by atoms with Gasteiger partial charge in [-0.15, -0.1) is 0 Å². The third-order valence-electron chi connectivity index (χ3n) is 3.76. The number of rotatable bonds is 3. The summed E-state index contributed by atoms with van der Waals surface area (Å²) in [5.74, 6) is -0.0482. The highest BCUT2D eigenvalue weighted by Crippen LogP contribution is 2.31. The zero-order chi connectivity index (χ0) is 12.9. The first kappa shape index (κ1) is 12.1. The molecular formula is C11H16N2O4S. The van der Waals surface area contributed by atoms with Gasteiger partial charge in [-0.2, -0.15) is 0 Å². The molecule has 0 radical (unpaired) electrons. The minimum atomic E-state index is -2.96. The number of hydrogen-bond acceptors (Lipinski definition) is 5. The Balaban J connectivity index is 1.64. The molecule has 2 saturated heterocycles. The van der Waals surface area contributed by atoms with Crippen LogP contribution < -0.4 is 5.32 Å². The van der Waals surface area contributed by atoms with Crippen LogP contribution in [0.5, 0.6) is 0 Å². The summed E-state index contributed by atoms with van der Waals surface area (Å²) in [6.07, 6.45) is 2.51. The molecule has 0 aromatic heterocycles. The topological polar surface area (TPSA) is 83.5 Å². The van der Waals surface area contributed by atoms with Crippen molar-refractivity contribution in [1.29, 1.82) is 0 Å². The van der Waals surface area contributed by atoms with Crippen molar-refractivity contribution in [3.05, 3.63) is 0 Å². The number of nitrogens with one attached hydrogen (secondary N) is 1. The quantitative estimate of drug-likeness (QED) is 0.670. The van der Waals surface area contributed by atoms with Crippen LogP contribution in [0, 0.1) is 0 Å². The summed E-state index contributed by atoms with van der Waals surface area (Å²) in [5, 5.41) is 3.04. The van der Waals surface area contributed by atoms with Crippen molar-refractivity contribution >= 4 is 21.7 Å². The van der Waals surface area contributed by atoms with Crippen LogP contribution in [0.25, 0.3) is 0 Å². The second-order valence-electron chi connectivity index (χ2n) is 5.36. The van der Waals surface area contributed by atoms with E-state index >= 15 is 0 Å². The lowest BCUT2D eigenvalue weighted by molar-refractivity contribution is -0.139. The third-order valence-corrected chi connectivity index (χ3v) is 5.53. The minimum Gasteiger partial charge on any atom is -0.302 e. The van der Waals surface area contributed by atoms with Gasteiger partial charge in [-0.1, -0.05) is 0 Å². The summed E-state index contributed by atoms with van der Waals surface area (Å²) in [6, 6.07) is -0.601. The molecule has 6 nitrogen and oxygen atoms in total. The van der Waals surface area contributed by atoms with Crippen molar-refractivity contribution in [2.75, 3.05) is 11.5 Å². The van der Waals surface area contributed by atoms with Crippen molar-refractivity contribution in [2.45, 2.75) is 43.8 Å². The Morgan fingerprint density at radius 3 is 2.44 bits per heavy atom. The second kappa shape index (κ2) is 4.03. The molecule has 1 aliphatic carbocycles. The molecule has 3 aliphatic rings. The number of nitrogens with zero attached hydrogens (tertiary/aromatic N) is 1. The molecule has 0 bridgehead atoms. The second-order valence-corrected chi connectivity index (χ2v) is 7.59. The minimum absolute atomic E-state index is 0.0778. The number of sulfone groups is 1. The molecule has 0 aromatic carbocycles. The first-order chi connectivity index (χ1) is 8.46. The fourth-order valence-corrected chi connectivity index (χ4v) is 4.39. The van der Waals surface area contributed by atoms with E-state index in [-0.39, 0.29) is 41.8 Å². The number of carbonyl (C=O) groups is 2. The molecule has 2 unspecified atom stereocenters. The molecule has 1 saturated carbocycles. The standard InChI is InChI=1S/C11H16N2O4S/c14-10-5-9(11(15)13(10)8-1-2-8)12-7-3-4-18(16,17)6-7/h7-9,12H,1-6H2. The van der Waals surface area contributed by atoms with Crippen LogP contribution in [0.15, 0.2) is 0 Å². The van der Waals surface area contributed by atoms with Crippen LogP contribution in [0.2, 0.25) is 0 Å². The monoisotopic (exact) mass is 272 g/mol. The molecule has 100 valence electrons. The average Bonchev–Trinajstić information content (AvgIpc) is 2.98. The Morgan fingerprint density at radius 2 is 1.89 bits per heavy atom. The number of likely N-dealkylation sites (tertiary alicyclic amines) is 1. The van der Waals surface area contributed by atoms with Gasteiger partial charge in [-0.05, 0) is 19.3 Å². The highest BCUT2D eigenvalue weighted by Gasteiger charge is 2.47. The van der Waals surface area contributed by atoms with Gasteiger partial charge < -0.3 is 5.32 Å². The van der Waals surface area contributed by atoms with E-state index in [1.54, 1.807) is 0 Å². The van der Waals surface area contributed by atoms with E-state index < -0.39 is 15.9 Å². The summed E-state index contributed by atoms with van der Waals surface area (Å²) in [5.41, 5.74) is 0. The first-order valence-electron chi connectivity index (χ1n) is 6.29. The number of imide groups is 1. The molecule has 18 heavy (non-hydrogen) atoms. The molecule has 3 fully saturated rings. The smallest absolute Gasteiger partial charge is 0.247 e. The molecular weight excluding hydrogens is 256 g/mol. The number of carbonyl (C=O) groups excluding carboxylic acids is 2. The van der Waals surface area contributed by atoms with Gasteiger partial charge in [-0.25, -0.2) is 8.42 Å². The Morgan fingerprint density at radius 1 is 1.17 bits per heavy atom. The van der Waals surface area contributed by atoms with Crippen LogP contribution in [0.4, 0.5) is 0 Å². The fourth-order valence-electron chi connectivity index (χ4n) is 2.71. The van der Waals surface area contributed by atoms with Gasteiger partial charge in [-0.3, -0.25) is 14.5 Å². The summed E-state index contributed by atoms with van der Waals surface area (Å²) in [4.78, 5) is 25.1. The molecule has 0 spiro atoms.